The summed E-state index contributed by atoms with van der Waals surface area (Å²) in [6, 6.07) is 27.7. The van der Waals surface area contributed by atoms with Crippen molar-refractivity contribution in [3.8, 4) is 11.5 Å². The second kappa shape index (κ2) is 11.1. The zero-order chi connectivity index (χ0) is 26.5. The monoisotopic (exact) mass is 508 g/mol. The molecule has 2 amide bonds. The Kier molecular flexibility index (Phi) is 7.26. The molecule has 0 aliphatic carbocycles. The minimum absolute atomic E-state index is 0.204. The van der Waals surface area contributed by atoms with Gasteiger partial charge in [0.05, 0.1) is 31.0 Å². The standard InChI is InChI=1S/C31H28N2O5/c1-3-37-30(34)27-28(21-11-5-4-6-12-21)32-31(35)33-29(27)22-16-17-25(26(18-22)36-2)38-19-23-14-9-13-20-10-7-8-15-24(20)23/h4-18,29H,3,19H2,1-2H3,(H2,32,33,35)/t29-/m0/s1. The molecule has 192 valence electrons. The molecule has 1 aliphatic heterocycles. The molecule has 1 heterocycles. The lowest BCUT2D eigenvalue weighted by atomic mass is 9.92. The molecule has 4 aromatic rings. The molecule has 0 saturated heterocycles. The fourth-order valence-electron chi connectivity index (χ4n) is 4.63. The number of ether oxygens (including phenoxy) is 3. The summed E-state index contributed by atoms with van der Waals surface area (Å²) in [6.45, 7) is 2.30. The van der Waals surface area contributed by atoms with Crippen molar-refractivity contribution in [2.45, 2.75) is 19.6 Å². The summed E-state index contributed by atoms with van der Waals surface area (Å²) < 4.78 is 17.2. The van der Waals surface area contributed by atoms with Gasteiger partial charge in [-0.1, -0.05) is 78.9 Å². The Balaban J connectivity index is 1.49. The highest BCUT2D eigenvalue weighted by Gasteiger charge is 2.34. The molecular weight excluding hydrogens is 480 g/mol. The van der Waals surface area contributed by atoms with Gasteiger partial charge in [-0.3, -0.25) is 0 Å². The first-order valence-electron chi connectivity index (χ1n) is 12.4. The molecule has 2 N–H and O–H groups in total. The van der Waals surface area contributed by atoms with Gasteiger partial charge in [-0.2, -0.15) is 0 Å². The Morgan fingerprint density at radius 3 is 2.45 bits per heavy atom. The Morgan fingerprint density at radius 1 is 0.895 bits per heavy atom. The summed E-state index contributed by atoms with van der Waals surface area (Å²) in [6.07, 6.45) is 0. The molecule has 0 radical (unpaired) electrons. The second-order valence-electron chi connectivity index (χ2n) is 8.74. The highest BCUT2D eigenvalue weighted by molar-refractivity contribution is 6.04. The van der Waals surface area contributed by atoms with Crippen LogP contribution in [0.2, 0.25) is 0 Å². The minimum atomic E-state index is -0.751. The molecule has 0 unspecified atom stereocenters. The van der Waals surface area contributed by atoms with E-state index in [0.29, 0.717) is 40.5 Å². The maximum absolute atomic E-state index is 13.1. The maximum Gasteiger partial charge on any atom is 0.338 e. The molecule has 0 fully saturated rings. The third kappa shape index (κ3) is 5.04. The Morgan fingerprint density at radius 2 is 1.66 bits per heavy atom. The van der Waals surface area contributed by atoms with Crippen LogP contribution in [0.1, 0.15) is 29.7 Å². The number of nitrogens with one attached hydrogen (secondary N) is 2. The number of benzene rings is 4. The van der Waals surface area contributed by atoms with Gasteiger partial charge in [0.1, 0.15) is 6.61 Å². The molecule has 7 nitrogen and oxygen atoms in total. The van der Waals surface area contributed by atoms with Crippen LogP contribution in [0.25, 0.3) is 16.5 Å². The first kappa shape index (κ1) is 24.9. The molecular formula is C31H28N2O5. The first-order chi connectivity index (χ1) is 18.6. The van der Waals surface area contributed by atoms with Crippen molar-refractivity contribution in [2.75, 3.05) is 13.7 Å². The summed E-state index contributed by atoms with van der Waals surface area (Å²) in [5, 5.41) is 7.92. The molecule has 1 atom stereocenters. The zero-order valence-electron chi connectivity index (χ0n) is 21.2. The lowest BCUT2D eigenvalue weighted by Gasteiger charge is -2.30. The minimum Gasteiger partial charge on any atom is -0.493 e. The van der Waals surface area contributed by atoms with E-state index in [1.165, 1.54) is 0 Å². The Labute approximate surface area is 221 Å². The van der Waals surface area contributed by atoms with Gasteiger partial charge in [-0.05, 0) is 46.5 Å². The lowest BCUT2D eigenvalue weighted by Crippen LogP contribution is -2.45. The van der Waals surface area contributed by atoms with Crippen molar-refractivity contribution < 1.29 is 23.8 Å². The van der Waals surface area contributed by atoms with Gasteiger partial charge in [-0.25, -0.2) is 9.59 Å². The molecule has 0 saturated carbocycles. The highest BCUT2D eigenvalue weighted by Crippen LogP contribution is 2.37. The number of rotatable bonds is 8. The van der Waals surface area contributed by atoms with Gasteiger partial charge < -0.3 is 24.8 Å². The fraction of sp³-hybridized carbons (Fsp3) is 0.161. The van der Waals surface area contributed by atoms with Crippen molar-refractivity contribution in [1.82, 2.24) is 10.6 Å². The molecule has 0 bridgehead atoms. The summed E-state index contributed by atoms with van der Waals surface area (Å²) in [7, 11) is 1.56. The number of fused-ring (bicyclic) bond motifs is 1. The van der Waals surface area contributed by atoms with E-state index in [-0.39, 0.29) is 6.61 Å². The van der Waals surface area contributed by atoms with E-state index >= 15 is 0 Å². The fourth-order valence-corrected chi connectivity index (χ4v) is 4.63. The van der Waals surface area contributed by atoms with Gasteiger partial charge in [0, 0.05) is 0 Å². The Hall–Kier alpha value is -4.78. The third-order valence-electron chi connectivity index (χ3n) is 6.41. The van der Waals surface area contributed by atoms with Crippen molar-refractivity contribution in [3.63, 3.8) is 0 Å². The van der Waals surface area contributed by atoms with E-state index in [9.17, 15) is 9.59 Å². The number of urea groups is 1. The van der Waals surface area contributed by atoms with E-state index in [2.05, 4.69) is 28.8 Å². The van der Waals surface area contributed by atoms with Crippen molar-refractivity contribution in [1.29, 1.82) is 0 Å². The predicted octanol–water partition coefficient (Wildman–Crippen LogP) is 5.76. The molecule has 7 heteroatoms. The van der Waals surface area contributed by atoms with Crippen LogP contribution in [0.3, 0.4) is 0 Å². The van der Waals surface area contributed by atoms with E-state index in [1.807, 2.05) is 60.7 Å². The highest BCUT2D eigenvalue weighted by atomic mass is 16.5. The molecule has 38 heavy (non-hydrogen) atoms. The smallest absolute Gasteiger partial charge is 0.338 e. The number of hydrogen-bond donors (Lipinski definition) is 2. The molecule has 0 spiro atoms. The average Bonchev–Trinajstić information content (AvgIpc) is 2.96. The first-order valence-corrected chi connectivity index (χ1v) is 12.4. The van der Waals surface area contributed by atoms with Gasteiger partial charge in [0.15, 0.2) is 11.5 Å². The van der Waals surface area contributed by atoms with E-state index in [0.717, 1.165) is 16.3 Å². The number of hydrogen-bond acceptors (Lipinski definition) is 5. The summed E-state index contributed by atoms with van der Waals surface area (Å²) in [5.74, 6) is 0.522. The van der Waals surface area contributed by atoms with Crippen LogP contribution >= 0.6 is 0 Å². The SMILES string of the molecule is CCOC(=O)C1=C(c2ccccc2)NC(=O)N[C@H]1c1ccc(OCc2cccc3ccccc23)c(OC)c1. The van der Waals surface area contributed by atoms with Crippen LogP contribution in [-0.2, 0) is 16.1 Å². The second-order valence-corrected chi connectivity index (χ2v) is 8.74. The van der Waals surface area contributed by atoms with Crippen molar-refractivity contribution >= 4 is 28.5 Å². The van der Waals surface area contributed by atoms with Crippen LogP contribution in [0.15, 0.2) is 96.6 Å². The lowest BCUT2D eigenvalue weighted by molar-refractivity contribution is -0.138. The van der Waals surface area contributed by atoms with Gasteiger partial charge in [-0.15, -0.1) is 0 Å². The van der Waals surface area contributed by atoms with Gasteiger partial charge >= 0.3 is 12.0 Å². The van der Waals surface area contributed by atoms with Gasteiger partial charge in [0.2, 0.25) is 0 Å². The molecule has 5 rings (SSSR count). The predicted molar refractivity (Wildman–Crippen MR) is 146 cm³/mol. The van der Waals surface area contributed by atoms with Crippen molar-refractivity contribution in [3.05, 3.63) is 113 Å². The largest absolute Gasteiger partial charge is 0.493 e. The maximum atomic E-state index is 13.1. The number of carbonyl (C=O) groups is 2. The van der Waals surface area contributed by atoms with Crippen LogP contribution in [-0.4, -0.2) is 25.7 Å². The van der Waals surface area contributed by atoms with Crippen LogP contribution in [0.5, 0.6) is 11.5 Å². The summed E-state index contributed by atoms with van der Waals surface area (Å²) >= 11 is 0. The average molecular weight is 509 g/mol. The molecule has 0 aromatic heterocycles. The van der Waals surface area contributed by atoms with Crippen molar-refractivity contribution in [2.24, 2.45) is 0 Å². The number of carbonyl (C=O) groups excluding carboxylic acids is 2. The van der Waals surface area contributed by atoms with Gasteiger partial charge in [0.25, 0.3) is 0 Å². The van der Waals surface area contributed by atoms with Crippen LogP contribution < -0.4 is 20.1 Å². The quantitative estimate of drug-likeness (QED) is 0.296. The molecule has 4 aromatic carbocycles. The third-order valence-corrected chi connectivity index (χ3v) is 6.41. The molecule has 1 aliphatic rings. The van der Waals surface area contributed by atoms with Crippen LogP contribution in [0, 0.1) is 0 Å². The number of methoxy groups -OCH3 is 1. The zero-order valence-corrected chi connectivity index (χ0v) is 21.2. The summed E-state index contributed by atoms with van der Waals surface area (Å²) in [5.41, 5.74) is 3.14. The normalized spacial score (nSPS) is 15.0. The van der Waals surface area contributed by atoms with E-state index in [4.69, 9.17) is 14.2 Å². The van der Waals surface area contributed by atoms with E-state index < -0.39 is 18.0 Å². The van der Waals surface area contributed by atoms with E-state index in [1.54, 1.807) is 26.2 Å². The number of esters is 1. The Bertz CT molecular complexity index is 1510. The number of amides is 2. The van der Waals surface area contributed by atoms with Crippen LogP contribution in [0.4, 0.5) is 4.79 Å². The summed E-state index contributed by atoms with van der Waals surface area (Å²) in [4.78, 5) is 25.8. The topological polar surface area (TPSA) is 85.9 Å².